The summed E-state index contributed by atoms with van der Waals surface area (Å²) < 4.78 is 1.56. The molecule has 0 amide bonds. The average molecular weight is 144 g/mol. The molecule has 1 heterocycles. The number of hydrogen-bond acceptors (Lipinski definition) is 0. The summed E-state index contributed by atoms with van der Waals surface area (Å²) in [6.45, 7) is 3.68. The van der Waals surface area contributed by atoms with Crippen molar-refractivity contribution in [1.82, 2.24) is 0 Å². The maximum absolute atomic E-state index is 4.01. The normalized spacial score (nSPS) is 14.0. The van der Waals surface area contributed by atoms with Gasteiger partial charge in [0.05, 0.1) is 0 Å². The molecular formula is C9H8N2. The number of hydrogen-bond donors (Lipinski definition) is 0. The van der Waals surface area contributed by atoms with Crippen LogP contribution in [0.25, 0.3) is 17.8 Å². The minimum atomic E-state index is 1.15. The molecular weight excluding hydrogens is 136 g/mol. The smallest absolute Gasteiger partial charge is 0.171 e. The largest absolute Gasteiger partial charge is 0.412 e. The molecule has 1 aliphatic heterocycles. The molecule has 1 aromatic rings. The molecule has 0 saturated heterocycles. The van der Waals surface area contributed by atoms with Gasteiger partial charge in [0, 0.05) is 5.22 Å². The summed E-state index contributed by atoms with van der Waals surface area (Å²) in [5, 5.41) is 2.31. The summed E-state index contributed by atoms with van der Waals surface area (Å²) in [5.41, 5.74) is 4.01. The van der Waals surface area contributed by atoms with Crippen molar-refractivity contribution in [2.75, 3.05) is 0 Å². The first-order valence-electron chi connectivity index (χ1n) is 3.44. The molecule has 0 spiro atoms. The highest BCUT2D eigenvalue weighted by Crippen LogP contribution is 1.91. The van der Waals surface area contributed by atoms with E-state index in [9.17, 15) is 0 Å². The van der Waals surface area contributed by atoms with Gasteiger partial charge in [0.1, 0.15) is 6.72 Å². The van der Waals surface area contributed by atoms with Crippen LogP contribution in [0.5, 0.6) is 0 Å². The summed E-state index contributed by atoms with van der Waals surface area (Å²) in [5.74, 6) is 0. The van der Waals surface area contributed by atoms with Crippen molar-refractivity contribution in [3.05, 3.63) is 40.1 Å². The Morgan fingerprint density at radius 3 is 2.73 bits per heavy atom. The highest BCUT2D eigenvalue weighted by Gasteiger charge is 1.89. The molecule has 0 bridgehead atoms. The third kappa shape index (κ3) is 1.03. The minimum Gasteiger partial charge on any atom is -0.412 e. The molecule has 0 saturated carbocycles. The Morgan fingerprint density at radius 2 is 1.91 bits per heavy atom. The predicted octanol–water partition coefficient (Wildman–Crippen LogP) is 0.178. The van der Waals surface area contributed by atoms with Gasteiger partial charge in [0.25, 0.3) is 0 Å². The molecule has 0 fully saturated rings. The van der Waals surface area contributed by atoms with Gasteiger partial charge in [0.2, 0.25) is 0 Å². The number of rotatable bonds is 0. The van der Waals surface area contributed by atoms with E-state index in [0.717, 1.165) is 10.4 Å². The summed E-state index contributed by atoms with van der Waals surface area (Å²) in [6, 6.07) is 8.07. The van der Waals surface area contributed by atoms with Crippen molar-refractivity contribution in [3.63, 3.8) is 0 Å². The second kappa shape index (κ2) is 2.23. The van der Waals surface area contributed by atoms with Crippen molar-refractivity contribution in [2.24, 2.45) is 0 Å². The maximum atomic E-state index is 4.01. The van der Waals surface area contributed by atoms with E-state index in [0.29, 0.717) is 0 Å². The van der Waals surface area contributed by atoms with Gasteiger partial charge in [-0.1, -0.05) is 18.2 Å². The predicted molar refractivity (Wildman–Crippen MR) is 45.4 cm³/mol. The highest BCUT2D eigenvalue weighted by atomic mass is 15.4. The van der Waals surface area contributed by atoms with Crippen LogP contribution >= 0.6 is 0 Å². The lowest BCUT2D eigenvalue weighted by molar-refractivity contribution is -0.344. The number of benzene rings is 1. The topological polar surface area (TPSA) is 17.1 Å². The van der Waals surface area contributed by atoms with Gasteiger partial charge in [-0.25, -0.2) is 4.68 Å². The van der Waals surface area contributed by atoms with Gasteiger partial charge >= 0.3 is 0 Å². The molecule has 0 unspecified atom stereocenters. The van der Waals surface area contributed by atoms with E-state index in [1.165, 1.54) is 0 Å². The van der Waals surface area contributed by atoms with Crippen molar-refractivity contribution in [3.8, 4) is 0 Å². The highest BCUT2D eigenvalue weighted by molar-refractivity contribution is 5.41. The molecule has 54 valence electrons. The van der Waals surface area contributed by atoms with Crippen LogP contribution in [0.2, 0.25) is 0 Å². The van der Waals surface area contributed by atoms with Crippen LogP contribution in [-0.4, -0.2) is 11.4 Å². The Bertz CT molecular complexity index is 404. The molecule has 2 rings (SSSR count). The Hall–Kier alpha value is -1.57. The van der Waals surface area contributed by atoms with Crippen LogP contribution < -0.4 is 10.4 Å². The van der Waals surface area contributed by atoms with Gasteiger partial charge < -0.3 is 5.43 Å². The molecule has 1 aliphatic rings. The maximum Gasteiger partial charge on any atom is 0.171 e. The van der Waals surface area contributed by atoms with Crippen LogP contribution in [0, 0.1) is 0 Å². The van der Waals surface area contributed by atoms with Crippen molar-refractivity contribution >= 4 is 19.1 Å². The van der Waals surface area contributed by atoms with Gasteiger partial charge in [-0.15, -0.1) is 6.20 Å². The SMILES string of the molecule is C=[N+]1C=c2ccccc2=C[N-]1. The molecule has 2 heteroatoms. The van der Waals surface area contributed by atoms with Gasteiger partial charge in [-0.3, -0.25) is 0 Å². The van der Waals surface area contributed by atoms with Gasteiger partial charge in [0.15, 0.2) is 6.20 Å². The fourth-order valence-corrected chi connectivity index (χ4v) is 1.08. The summed E-state index contributed by atoms with van der Waals surface area (Å²) >= 11 is 0. The Morgan fingerprint density at radius 1 is 1.18 bits per heavy atom. The molecule has 0 radical (unpaired) electrons. The standard InChI is InChI=1S/C9H8N2/c1-11-7-9-5-3-2-4-8(9)6-10-11/h2-7H,1H2. The van der Waals surface area contributed by atoms with Crippen LogP contribution in [-0.2, 0) is 0 Å². The number of nitrogens with zero attached hydrogens (tertiary/aromatic N) is 2. The lowest BCUT2D eigenvalue weighted by Gasteiger charge is -2.10. The first kappa shape index (κ1) is 6.16. The van der Waals surface area contributed by atoms with E-state index in [1.54, 1.807) is 4.68 Å². The average Bonchev–Trinajstić information content (AvgIpc) is 2.04. The van der Waals surface area contributed by atoms with E-state index in [-0.39, 0.29) is 0 Å². The fourth-order valence-electron chi connectivity index (χ4n) is 1.08. The molecule has 11 heavy (non-hydrogen) atoms. The Balaban J connectivity index is 2.83. The Kier molecular flexibility index (Phi) is 1.25. The second-order valence-corrected chi connectivity index (χ2v) is 2.44. The zero-order chi connectivity index (χ0) is 7.68. The van der Waals surface area contributed by atoms with Crippen molar-refractivity contribution in [1.29, 1.82) is 0 Å². The van der Waals surface area contributed by atoms with Crippen molar-refractivity contribution in [2.45, 2.75) is 0 Å². The zero-order valence-electron chi connectivity index (χ0n) is 6.07. The fraction of sp³-hybridized carbons (Fsp3) is 0. The van der Waals surface area contributed by atoms with Crippen LogP contribution in [0.15, 0.2) is 24.3 Å². The first-order valence-corrected chi connectivity index (χ1v) is 3.44. The molecule has 0 atom stereocenters. The Labute approximate surface area is 64.8 Å². The molecule has 0 aliphatic carbocycles. The van der Waals surface area contributed by atoms with E-state index < -0.39 is 0 Å². The quantitative estimate of drug-likeness (QED) is 0.462. The summed E-state index contributed by atoms with van der Waals surface area (Å²) in [4.78, 5) is 0. The summed E-state index contributed by atoms with van der Waals surface area (Å²) in [7, 11) is 0. The zero-order valence-corrected chi connectivity index (χ0v) is 6.07. The molecule has 2 nitrogen and oxygen atoms in total. The van der Waals surface area contributed by atoms with Gasteiger partial charge in [-0.05, 0) is 11.3 Å². The van der Waals surface area contributed by atoms with Crippen LogP contribution in [0.1, 0.15) is 0 Å². The lowest BCUT2D eigenvalue weighted by atomic mass is 10.2. The third-order valence-corrected chi connectivity index (χ3v) is 1.63. The lowest BCUT2D eigenvalue weighted by Crippen LogP contribution is -2.28. The third-order valence-electron chi connectivity index (χ3n) is 1.63. The van der Waals surface area contributed by atoms with Crippen LogP contribution in [0.3, 0.4) is 0 Å². The van der Waals surface area contributed by atoms with E-state index in [2.05, 4.69) is 12.1 Å². The number of fused-ring (bicyclic) bond motifs is 1. The van der Waals surface area contributed by atoms with Crippen LogP contribution in [0.4, 0.5) is 0 Å². The van der Waals surface area contributed by atoms with Crippen molar-refractivity contribution < 1.29 is 4.68 Å². The molecule has 0 N–H and O–H groups in total. The summed E-state index contributed by atoms with van der Waals surface area (Å²) in [6.07, 6.45) is 3.71. The minimum absolute atomic E-state index is 1.15. The second-order valence-electron chi connectivity index (χ2n) is 2.44. The van der Waals surface area contributed by atoms with E-state index in [4.69, 9.17) is 0 Å². The molecule has 0 aromatic heterocycles. The van der Waals surface area contributed by atoms with Gasteiger partial charge in [-0.2, -0.15) is 0 Å². The first-order chi connectivity index (χ1) is 5.36. The van der Waals surface area contributed by atoms with E-state index in [1.807, 2.05) is 36.7 Å². The molecule has 1 aromatic carbocycles. The monoisotopic (exact) mass is 144 g/mol. The van der Waals surface area contributed by atoms with E-state index >= 15 is 0 Å².